The number of carboxylic acid groups (broad SMARTS) is 1. The molecule has 0 spiro atoms. The molecule has 5 heteroatoms. The van der Waals surface area contributed by atoms with Crippen molar-refractivity contribution in [2.45, 2.75) is 26.2 Å². The molecule has 0 aliphatic rings. The van der Waals surface area contributed by atoms with E-state index in [4.69, 9.17) is 9.52 Å². The molecule has 1 amide bonds. The molecule has 0 saturated carbocycles. The Hall–Kier alpha value is -2.56. The average molecular weight is 287 g/mol. The van der Waals surface area contributed by atoms with Gasteiger partial charge in [0.25, 0.3) is 0 Å². The fourth-order valence-corrected chi connectivity index (χ4v) is 1.89. The summed E-state index contributed by atoms with van der Waals surface area (Å²) in [6.45, 7) is 2.04. The van der Waals surface area contributed by atoms with E-state index >= 15 is 0 Å². The highest BCUT2D eigenvalue weighted by Crippen LogP contribution is 2.24. The number of carboxylic acids is 1. The molecule has 1 aromatic heterocycles. The van der Waals surface area contributed by atoms with Crippen LogP contribution in [0.15, 0.2) is 40.8 Å². The van der Waals surface area contributed by atoms with Crippen LogP contribution in [0.2, 0.25) is 0 Å². The molecule has 1 aromatic carbocycles. The van der Waals surface area contributed by atoms with Gasteiger partial charge in [-0.15, -0.1) is 0 Å². The molecular weight excluding hydrogens is 270 g/mol. The molecule has 0 radical (unpaired) electrons. The lowest BCUT2D eigenvalue weighted by atomic mass is 10.1. The number of carbonyl (C=O) groups is 2. The first kappa shape index (κ1) is 14.8. The molecule has 1 heterocycles. The summed E-state index contributed by atoms with van der Waals surface area (Å²) >= 11 is 0. The minimum Gasteiger partial charge on any atom is -0.475 e. The molecule has 110 valence electrons. The molecule has 2 rings (SSSR count). The van der Waals surface area contributed by atoms with Crippen molar-refractivity contribution in [3.63, 3.8) is 0 Å². The third-order valence-corrected chi connectivity index (χ3v) is 3.03. The standard InChI is InChI=1S/C16H17NO4/c1-2-3-4-15(18)17-12-7-5-11(6-8-12)13-9-10-14(21-13)16(19)20/h5-10H,2-4H2,1H3,(H,17,18)(H,19,20). The molecular formula is C16H17NO4. The molecule has 2 aromatic rings. The van der Waals surface area contributed by atoms with Crippen molar-refractivity contribution < 1.29 is 19.1 Å². The molecule has 0 bridgehead atoms. The van der Waals surface area contributed by atoms with Crippen molar-refractivity contribution in [2.75, 3.05) is 5.32 Å². The van der Waals surface area contributed by atoms with Gasteiger partial charge in [-0.05, 0) is 42.8 Å². The van der Waals surface area contributed by atoms with Gasteiger partial charge in [0.1, 0.15) is 5.76 Å². The quantitative estimate of drug-likeness (QED) is 0.847. The van der Waals surface area contributed by atoms with Crippen LogP contribution in [0.4, 0.5) is 5.69 Å². The van der Waals surface area contributed by atoms with E-state index in [1.807, 2.05) is 6.92 Å². The van der Waals surface area contributed by atoms with Gasteiger partial charge in [0.15, 0.2) is 0 Å². The second-order valence-electron chi connectivity index (χ2n) is 4.70. The SMILES string of the molecule is CCCCC(=O)Nc1ccc(-c2ccc(C(=O)O)o2)cc1. The van der Waals surface area contributed by atoms with E-state index < -0.39 is 5.97 Å². The number of unbranched alkanes of at least 4 members (excludes halogenated alkanes) is 1. The van der Waals surface area contributed by atoms with Crippen molar-refractivity contribution in [1.82, 2.24) is 0 Å². The summed E-state index contributed by atoms with van der Waals surface area (Å²) in [7, 11) is 0. The Morgan fingerprint density at radius 2 is 1.86 bits per heavy atom. The maximum atomic E-state index is 11.6. The summed E-state index contributed by atoms with van der Waals surface area (Å²) in [5.41, 5.74) is 1.47. The van der Waals surface area contributed by atoms with Crippen molar-refractivity contribution in [2.24, 2.45) is 0 Å². The summed E-state index contributed by atoms with van der Waals surface area (Å²) in [4.78, 5) is 22.4. The van der Waals surface area contributed by atoms with Crippen molar-refractivity contribution in [1.29, 1.82) is 0 Å². The van der Waals surface area contributed by atoms with E-state index in [0.29, 0.717) is 17.9 Å². The Kier molecular flexibility index (Phi) is 4.77. The third-order valence-electron chi connectivity index (χ3n) is 3.03. The number of nitrogens with one attached hydrogen (secondary N) is 1. The first-order valence-corrected chi connectivity index (χ1v) is 6.83. The Bertz CT molecular complexity index is 628. The number of aromatic carboxylic acids is 1. The zero-order valence-corrected chi connectivity index (χ0v) is 11.8. The second kappa shape index (κ2) is 6.74. The molecule has 5 nitrogen and oxygen atoms in total. The zero-order valence-electron chi connectivity index (χ0n) is 11.8. The predicted octanol–water partition coefficient (Wildman–Crippen LogP) is 3.77. The Morgan fingerprint density at radius 1 is 1.14 bits per heavy atom. The lowest BCUT2D eigenvalue weighted by molar-refractivity contribution is -0.116. The third kappa shape index (κ3) is 3.95. The van der Waals surface area contributed by atoms with Crippen LogP contribution < -0.4 is 5.32 Å². The normalized spacial score (nSPS) is 10.3. The number of rotatable bonds is 6. The Morgan fingerprint density at radius 3 is 2.43 bits per heavy atom. The first-order chi connectivity index (χ1) is 10.1. The van der Waals surface area contributed by atoms with E-state index in [0.717, 1.165) is 18.4 Å². The maximum absolute atomic E-state index is 11.6. The average Bonchev–Trinajstić information content (AvgIpc) is 2.96. The molecule has 21 heavy (non-hydrogen) atoms. The highest BCUT2D eigenvalue weighted by Gasteiger charge is 2.10. The molecule has 0 atom stereocenters. The Labute approximate surface area is 122 Å². The smallest absolute Gasteiger partial charge is 0.371 e. The van der Waals surface area contributed by atoms with E-state index in [2.05, 4.69) is 5.32 Å². The predicted molar refractivity (Wildman–Crippen MR) is 79.3 cm³/mol. The maximum Gasteiger partial charge on any atom is 0.371 e. The van der Waals surface area contributed by atoms with Crippen LogP contribution in [0.3, 0.4) is 0 Å². The van der Waals surface area contributed by atoms with Gasteiger partial charge in [-0.25, -0.2) is 4.79 Å². The van der Waals surface area contributed by atoms with E-state index in [9.17, 15) is 9.59 Å². The summed E-state index contributed by atoms with van der Waals surface area (Å²) in [6, 6.07) is 10.1. The van der Waals surface area contributed by atoms with Crippen molar-refractivity contribution in [3.05, 3.63) is 42.2 Å². The monoisotopic (exact) mass is 287 g/mol. The number of furan rings is 1. The largest absolute Gasteiger partial charge is 0.475 e. The van der Waals surface area contributed by atoms with E-state index in [-0.39, 0.29) is 11.7 Å². The first-order valence-electron chi connectivity index (χ1n) is 6.83. The molecule has 0 fully saturated rings. The van der Waals surface area contributed by atoms with Gasteiger partial charge in [0.05, 0.1) is 0 Å². The number of amides is 1. The summed E-state index contributed by atoms with van der Waals surface area (Å²) in [5.74, 6) is -0.713. The van der Waals surface area contributed by atoms with Gasteiger partial charge in [0.2, 0.25) is 11.7 Å². The van der Waals surface area contributed by atoms with Gasteiger partial charge in [0, 0.05) is 17.7 Å². The van der Waals surface area contributed by atoms with Crippen molar-refractivity contribution >= 4 is 17.6 Å². The Balaban J connectivity index is 2.04. The minimum atomic E-state index is -1.10. The molecule has 0 aliphatic heterocycles. The highest BCUT2D eigenvalue weighted by atomic mass is 16.4. The van der Waals surface area contributed by atoms with Crippen LogP contribution in [0.25, 0.3) is 11.3 Å². The van der Waals surface area contributed by atoms with Gasteiger partial charge in [-0.2, -0.15) is 0 Å². The molecule has 2 N–H and O–H groups in total. The fraction of sp³-hybridized carbons (Fsp3) is 0.250. The number of hydrogen-bond donors (Lipinski definition) is 2. The van der Waals surface area contributed by atoms with Crippen LogP contribution >= 0.6 is 0 Å². The number of hydrogen-bond acceptors (Lipinski definition) is 3. The topological polar surface area (TPSA) is 79.5 Å². The molecule has 0 aliphatic carbocycles. The van der Waals surface area contributed by atoms with Crippen LogP contribution in [0.5, 0.6) is 0 Å². The number of anilines is 1. The van der Waals surface area contributed by atoms with Gasteiger partial charge >= 0.3 is 5.97 Å². The summed E-state index contributed by atoms with van der Waals surface area (Å²) < 4.78 is 5.22. The van der Waals surface area contributed by atoms with Gasteiger partial charge < -0.3 is 14.8 Å². The number of carbonyl (C=O) groups excluding carboxylic acids is 1. The van der Waals surface area contributed by atoms with Crippen LogP contribution in [-0.2, 0) is 4.79 Å². The number of benzene rings is 1. The lowest BCUT2D eigenvalue weighted by Crippen LogP contribution is -2.10. The van der Waals surface area contributed by atoms with Gasteiger partial charge in [-0.3, -0.25) is 4.79 Å². The minimum absolute atomic E-state index is 0.00392. The summed E-state index contributed by atoms with van der Waals surface area (Å²) in [5, 5.41) is 11.6. The lowest BCUT2D eigenvalue weighted by Gasteiger charge is -2.05. The highest BCUT2D eigenvalue weighted by molar-refractivity contribution is 5.91. The zero-order chi connectivity index (χ0) is 15.2. The second-order valence-corrected chi connectivity index (χ2v) is 4.70. The van der Waals surface area contributed by atoms with Crippen molar-refractivity contribution in [3.8, 4) is 11.3 Å². The molecule has 0 saturated heterocycles. The van der Waals surface area contributed by atoms with Crippen LogP contribution in [-0.4, -0.2) is 17.0 Å². The van der Waals surface area contributed by atoms with E-state index in [1.165, 1.54) is 6.07 Å². The summed E-state index contributed by atoms with van der Waals surface area (Å²) in [6.07, 6.45) is 2.36. The van der Waals surface area contributed by atoms with Crippen LogP contribution in [0, 0.1) is 0 Å². The van der Waals surface area contributed by atoms with Gasteiger partial charge in [-0.1, -0.05) is 13.3 Å². The van der Waals surface area contributed by atoms with E-state index in [1.54, 1.807) is 30.3 Å². The molecule has 0 unspecified atom stereocenters. The fourth-order valence-electron chi connectivity index (χ4n) is 1.89. The van der Waals surface area contributed by atoms with Crippen LogP contribution in [0.1, 0.15) is 36.7 Å².